The molecule has 2 amide bonds. The molecule has 0 aliphatic carbocycles. The molecule has 0 bridgehead atoms. The van der Waals surface area contributed by atoms with E-state index < -0.39 is 6.04 Å². The van der Waals surface area contributed by atoms with Crippen molar-refractivity contribution in [2.45, 2.75) is 26.3 Å². The molecule has 3 aromatic rings. The molecule has 2 atom stereocenters. The molecule has 2 heterocycles. The van der Waals surface area contributed by atoms with Crippen LogP contribution in [0.1, 0.15) is 29.9 Å². The van der Waals surface area contributed by atoms with Crippen LogP contribution in [-0.2, 0) is 4.79 Å². The zero-order valence-corrected chi connectivity index (χ0v) is 18.5. The molecule has 0 fully saturated rings. The van der Waals surface area contributed by atoms with Gasteiger partial charge in [-0.25, -0.2) is 0 Å². The van der Waals surface area contributed by atoms with E-state index in [0.717, 1.165) is 16.5 Å². The lowest BCUT2D eigenvalue weighted by Gasteiger charge is -2.22. The smallest absolute Gasteiger partial charge is 0.262 e. The first-order chi connectivity index (χ1) is 13.5. The quantitative estimate of drug-likeness (QED) is 0.509. The van der Waals surface area contributed by atoms with Crippen LogP contribution < -0.4 is 10.6 Å². The van der Waals surface area contributed by atoms with Gasteiger partial charge in [0, 0.05) is 10.0 Å². The maximum Gasteiger partial charge on any atom is 0.262 e. The standard InChI is InChI=1S/C19H19BrN4O2S2/c1-3-11(2)15(21-16(25)14-5-4-10-27-14)17(26)22-19-24-23-18(28-19)12-6-8-13(20)9-7-12/h4-11,15H,3H2,1-2H3,(H,21,25)(H,22,24,26). The summed E-state index contributed by atoms with van der Waals surface area (Å²) in [4.78, 5) is 25.8. The summed E-state index contributed by atoms with van der Waals surface area (Å²) in [6.45, 7) is 3.92. The highest BCUT2D eigenvalue weighted by Gasteiger charge is 2.27. The van der Waals surface area contributed by atoms with Crippen LogP contribution in [0, 0.1) is 5.92 Å². The second-order valence-corrected chi connectivity index (χ2v) is 9.06. The molecule has 2 aromatic heterocycles. The van der Waals surface area contributed by atoms with Crippen molar-refractivity contribution >= 4 is 55.5 Å². The summed E-state index contributed by atoms with van der Waals surface area (Å²) < 4.78 is 0.979. The van der Waals surface area contributed by atoms with E-state index in [1.54, 1.807) is 6.07 Å². The Labute approximate surface area is 179 Å². The number of hydrogen-bond acceptors (Lipinski definition) is 6. The molecular weight excluding hydrogens is 460 g/mol. The van der Waals surface area contributed by atoms with Crippen LogP contribution >= 0.6 is 38.6 Å². The fourth-order valence-corrected chi connectivity index (χ4v) is 4.13. The van der Waals surface area contributed by atoms with Crippen molar-refractivity contribution in [2.75, 3.05) is 5.32 Å². The van der Waals surface area contributed by atoms with Crippen LogP contribution in [0.3, 0.4) is 0 Å². The second-order valence-electron chi connectivity index (χ2n) is 6.22. The molecular formula is C19H19BrN4O2S2. The number of anilines is 1. The minimum absolute atomic E-state index is 0.0252. The van der Waals surface area contributed by atoms with E-state index in [-0.39, 0.29) is 17.7 Å². The maximum absolute atomic E-state index is 12.8. The van der Waals surface area contributed by atoms with Crippen molar-refractivity contribution in [1.82, 2.24) is 15.5 Å². The number of amides is 2. The molecule has 1 aromatic carbocycles. The molecule has 0 aliphatic rings. The molecule has 0 saturated heterocycles. The Bertz CT molecular complexity index is 941. The summed E-state index contributed by atoms with van der Waals surface area (Å²) in [5.74, 6) is -0.566. The average Bonchev–Trinajstić information content (AvgIpc) is 3.38. The highest BCUT2D eigenvalue weighted by molar-refractivity contribution is 9.10. The van der Waals surface area contributed by atoms with E-state index in [1.807, 2.05) is 49.6 Å². The number of aromatic nitrogens is 2. The predicted octanol–water partition coefficient (Wildman–Crippen LogP) is 4.81. The average molecular weight is 479 g/mol. The number of nitrogens with one attached hydrogen (secondary N) is 2. The van der Waals surface area contributed by atoms with Gasteiger partial charge in [0.05, 0.1) is 4.88 Å². The Kier molecular flexibility index (Phi) is 6.93. The van der Waals surface area contributed by atoms with Gasteiger partial charge in [0.25, 0.3) is 5.91 Å². The maximum atomic E-state index is 12.8. The SMILES string of the molecule is CCC(C)C(NC(=O)c1cccs1)C(=O)Nc1nnc(-c2ccc(Br)cc2)s1. The number of rotatable bonds is 7. The fraction of sp³-hybridized carbons (Fsp3) is 0.263. The molecule has 0 aliphatic heterocycles. The van der Waals surface area contributed by atoms with Crippen LogP contribution in [0.25, 0.3) is 10.6 Å². The van der Waals surface area contributed by atoms with Crippen molar-refractivity contribution in [3.8, 4) is 10.6 Å². The summed E-state index contributed by atoms with van der Waals surface area (Å²) >= 11 is 6.04. The Morgan fingerprint density at radius 3 is 2.57 bits per heavy atom. The minimum Gasteiger partial charge on any atom is -0.339 e. The number of nitrogens with zero attached hydrogens (tertiary/aromatic N) is 2. The lowest BCUT2D eigenvalue weighted by molar-refractivity contribution is -0.119. The monoisotopic (exact) mass is 478 g/mol. The molecule has 2 unspecified atom stereocenters. The van der Waals surface area contributed by atoms with Crippen LogP contribution in [0.4, 0.5) is 5.13 Å². The largest absolute Gasteiger partial charge is 0.339 e. The third-order valence-corrected chi connectivity index (χ3v) is 6.56. The van der Waals surface area contributed by atoms with Crippen LogP contribution in [0.5, 0.6) is 0 Å². The predicted molar refractivity (Wildman–Crippen MR) is 117 cm³/mol. The Hall–Kier alpha value is -2.10. The molecule has 0 spiro atoms. The lowest BCUT2D eigenvalue weighted by Crippen LogP contribution is -2.47. The topological polar surface area (TPSA) is 84.0 Å². The van der Waals surface area contributed by atoms with Gasteiger partial charge in [0.2, 0.25) is 11.0 Å². The Morgan fingerprint density at radius 2 is 1.93 bits per heavy atom. The number of hydrogen-bond donors (Lipinski definition) is 2. The molecule has 9 heteroatoms. The van der Waals surface area contributed by atoms with Gasteiger partial charge < -0.3 is 5.32 Å². The summed E-state index contributed by atoms with van der Waals surface area (Å²) in [7, 11) is 0. The van der Waals surface area contributed by atoms with E-state index in [2.05, 4.69) is 36.8 Å². The van der Waals surface area contributed by atoms with Crippen molar-refractivity contribution < 1.29 is 9.59 Å². The first-order valence-electron chi connectivity index (χ1n) is 8.72. The Balaban J connectivity index is 1.71. The van der Waals surface area contributed by atoms with Gasteiger partial charge in [0.1, 0.15) is 11.0 Å². The van der Waals surface area contributed by atoms with Gasteiger partial charge >= 0.3 is 0 Å². The van der Waals surface area contributed by atoms with Gasteiger partial charge in [-0.1, -0.05) is 65.7 Å². The van der Waals surface area contributed by atoms with E-state index in [4.69, 9.17) is 0 Å². The normalized spacial score (nSPS) is 13.0. The van der Waals surface area contributed by atoms with Crippen molar-refractivity contribution in [3.05, 3.63) is 51.1 Å². The number of halogens is 1. The molecule has 0 saturated carbocycles. The van der Waals surface area contributed by atoms with Gasteiger partial charge in [-0.2, -0.15) is 0 Å². The van der Waals surface area contributed by atoms with Gasteiger partial charge in [-0.15, -0.1) is 21.5 Å². The van der Waals surface area contributed by atoms with Gasteiger partial charge in [-0.05, 0) is 29.5 Å². The van der Waals surface area contributed by atoms with Gasteiger partial charge in [0.15, 0.2) is 0 Å². The molecule has 3 rings (SSSR count). The van der Waals surface area contributed by atoms with Crippen LogP contribution in [-0.4, -0.2) is 28.1 Å². The lowest BCUT2D eigenvalue weighted by atomic mass is 9.98. The second kappa shape index (κ2) is 9.40. The van der Waals surface area contributed by atoms with Crippen molar-refractivity contribution in [1.29, 1.82) is 0 Å². The van der Waals surface area contributed by atoms with E-state index >= 15 is 0 Å². The number of carbonyl (C=O) groups is 2. The zero-order valence-electron chi connectivity index (χ0n) is 15.3. The van der Waals surface area contributed by atoms with E-state index in [1.165, 1.54) is 22.7 Å². The van der Waals surface area contributed by atoms with Gasteiger partial charge in [-0.3, -0.25) is 14.9 Å². The number of benzene rings is 1. The molecule has 0 radical (unpaired) electrons. The number of carbonyl (C=O) groups excluding carboxylic acids is 2. The van der Waals surface area contributed by atoms with Crippen LogP contribution in [0.2, 0.25) is 0 Å². The molecule has 6 nitrogen and oxygen atoms in total. The van der Waals surface area contributed by atoms with E-state index in [9.17, 15) is 9.59 Å². The third-order valence-electron chi connectivity index (χ3n) is 4.27. The molecule has 28 heavy (non-hydrogen) atoms. The molecule has 146 valence electrons. The summed E-state index contributed by atoms with van der Waals surface area (Å²) in [5, 5.41) is 16.8. The van der Waals surface area contributed by atoms with Crippen LogP contribution in [0.15, 0.2) is 46.3 Å². The van der Waals surface area contributed by atoms with Crippen molar-refractivity contribution in [2.24, 2.45) is 5.92 Å². The highest BCUT2D eigenvalue weighted by Crippen LogP contribution is 2.27. The minimum atomic E-state index is -0.653. The first kappa shape index (κ1) is 20.6. The molecule has 2 N–H and O–H groups in total. The number of thiophene rings is 1. The zero-order chi connectivity index (χ0) is 20.1. The fourth-order valence-electron chi connectivity index (χ4n) is 2.49. The highest BCUT2D eigenvalue weighted by atomic mass is 79.9. The van der Waals surface area contributed by atoms with Crippen molar-refractivity contribution in [3.63, 3.8) is 0 Å². The summed E-state index contributed by atoms with van der Waals surface area (Å²) in [5.41, 5.74) is 0.922. The summed E-state index contributed by atoms with van der Waals surface area (Å²) in [6, 6.07) is 10.6. The van der Waals surface area contributed by atoms with E-state index in [0.29, 0.717) is 15.0 Å². The summed E-state index contributed by atoms with van der Waals surface area (Å²) in [6.07, 6.45) is 0.753. The first-order valence-corrected chi connectivity index (χ1v) is 11.2. The Morgan fingerprint density at radius 1 is 1.18 bits per heavy atom. The third kappa shape index (κ3) is 5.03.